The number of nitrogens with one attached hydrogen (secondary N) is 1. The van der Waals surface area contributed by atoms with Gasteiger partial charge in [-0.25, -0.2) is 4.39 Å². The number of piperazine rings is 1. The number of aromatic amines is 1. The Morgan fingerprint density at radius 3 is 2.32 bits per heavy atom. The Morgan fingerprint density at radius 1 is 1.10 bits per heavy atom. The highest BCUT2D eigenvalue weighted by Crippen LogP contribution is 2.35. The highest BCUT2D eigenvalue weighted by atomic mass is 19.1. The van der Waals surface area contributed by atoms with E-state index in [1.54, 1.807) is 6.07 Å². The minimum absolute atomic E-state index is 0.228. The second-order valence-corrected chi connectivity index (χ2v) is 8.56. The number of halogens is 1. The maximum absolute atomic E-state index is 13.3. The summed E-state index contributed by atoms with van der Waals surface area (Å²) in [5.74, 6) is -1.00. The monoisotopic (exact) mass is 562 g/mol. The number of nitriles is 1. The van der Waals surface area contributed by atoms with Crippen LogP contribution in [0.4, 0.5) is 10.2 Å². The molecule has 0 saturated carbocycles. The number of nitrogens with zero attached hydrogens (tertiary/aromatic N) is 7. The number of amides is 1. The summed E-state index contributed by atoms with van der Waals surface area (Å²) in [7, 11) is 1.52. The summed E-state index contributed by atoms with van der Waals surface area (Å²) in [4.78, 5) is 29.2. The number of carbonyl (C=O) groups excluding carboxylic acids is 1. The van der Waals surface area contributed by atoms with Crippen LogP contribution in [0.5, 0.6) is 6.01 Å². The molecule has 0 spiro atoms. The van der Waals surface area contributed by atoms with Gasteiger partial charge >= 0.3 is 6.01 Å². The summed E-state index contributed by atoms with van der Waals surface area (Å²) in [6.45, 7) is 18.4. The van der Waals surface area contributed by atoms with Crippen LogP contribution in [0, 0.1) is 25.2 Å². The maximum Gasteiger partial charge on any atom is 0.318 e. The molecule has 4 heterocycles. The molecule has 1 fully saturated rings. The summed E-state index contributed by atoms with van der Waals surface area (Å²) in [5, 5.41) is 15.6. The van der Waals surface area contributed by atoms with Gasteiger partial charge in [0.05, 0.1) is 30.4 Å². The van der Waals surface area contributed by atoms with Gasteiger partial charge in [0, 0.05) is 50.2 Å². The number of pyridine rings is 1. The van der Waals surface area contributed by atoms with Crippen molar-refractivity contribution in [1.82, 2.24) is 30.0 Å². The standard InChI is InChI=1S/C24H24FN7O2.C2H3N.2C2H6/c1-13-9-18-17(12-27-30-18)20(14(13)2)16-10-19-21(26-11-16)22(29-24(28-19)34-4)31-5-7-32(8-6-31)23(33)15(3)25;1-2-3;2*1-2/h9-12H,3,5-8H2,1-2,4H3,(H,27,30);1H3;2*1-2H3. The number of anilines is 1. The first-order valence-corrected chi connectivity index (χ1v) is 13.6. The summed E-state index contributed by atoms with van der Waals surface area (Å²) in [6.07, 6.45) is 3.64. The van der Waals surface area contributed by atoms with Crippen LogP contribution in [0.3, 0.4) is 0 Å². The molecule has 1 amide bonds. The van der Waals surface area contributed by atoms with Crippen LogP contribution in [0.15, 0.2) is 36.9 Å². The number of H-pyrrole nitrogens is 1. The zero-order valence-electron chi connectivity index (χ0n) is 25.2. The average molecular weight is 563 g/mol. The van der Waals surface area contributed by atoms with Crippen molar-refractivity contribution in [3.8, 4) is 23.2 Å². The van der Waals surface area contributed by atoms with Crippen molar-refractivity contribution in [1.29, 1.82) is 5.26 Å². The number of benzene rings is 1. The summed E-state index contributed by atoms with van der Waals surface area (Å²) in [6, 6.07) is 6.05. The Bertz CT molecular complexity index is 1540. The van der Waals surface area contributed by atoms with E-state index in [4.69, 9.17) is 15.0 Å². The van der Waals surface area contributed by atoms with Gasteiger partial charge in [0.1, 0.15) is 5.52 Å². The third-order valence-electron chi connectivity index (χ3n) is 6.33. The Morgan fingerprint density at radius 2 is 1.73 bits per heavy atom. The minimum Gasteiger partial charge on any atom is -0.467 e. The molecule has 1 aromatic carbocycles. The number of rotatable bonds is 4. The normalized spacial score (nSPS) is 12.2. The molecule has 0 radical (unpaired) electrons. The van der Waals surface area contributed by atoms with Crippen molar-refractivity contribution in [2.24, 2.45) is 0 Å². The smallest absolute Gasteiger partial charge is 0.318 e. The highest BCUT2D eigenvalue weighted by Gasteiger charge is 2.26. The van der Waals surface area contributed by atoms with Crippen molar-refractivity contribution in [3.05, 3.63) is 48.1 Å². The Labute approximate surface area is 240 Å². The van der Waals surface area contributed by atoms with E-state index in [0.29, 0.717) is 43.0 Å². The SMILES string of the molecule is C=C(F)C(=O)N1CCN(c2nc(OC)nc3cc(-c4c(C)c(C)cc5[nH]ncc45)cnc23)CC1.CC.CC.CC#N. The topological polar surface area (TPSA) is 124 Å². The molecule has 0 atom stereocenters. The van der Waals surface area contributed by atoms with Crippen LogP contribution in [0.25, 0.3) is 33.1 Å². The highest BCUT2D eigenvalue weighted by molar-refractivity contribution is 5.99. The predicted molar refractivity (Wildman–Crippen MR) is 161 cm³/mol. The van der Waals surface area contributed by atoms with E-state index >= 15 is 0 Å². The minimum atomic E-state index is -0.949. The van der Waals surface area contributed by atoms with Gasteiger partial charge in [0.15, 0.2) is 11.6 Å². The number of aromatic nitrogens is 5. The molecule has 0 bridgehead atoms. The zero-order valence-corrected chi connectivity index (χ0v) is 25.2. The lowest BCUT2D eigenvalue weighted by atomic mass is 9.94. The molecule has 0 unspecified atom stereocenters. The van der Waals surface area contributed by atoms with Gasteiger partial charge in [-0.1, -0.05) is 34.3 Å². The van der Waals surface area contributed by atoms with Gasteiger partial charge in [-0.3, -0.25) is 14.9 Å². The van der Waals surface area contributed by atoms with Crippen molar-refractivity contribution >= 4 is 33.7 Å². The van der Waals surface area contributed by atoms with Crippen LogP contribution >= 0.6 is 0 Å². The largest absolute Gasteiger partial charge is 0.467 e. The Hall–Kier alpha value is -4.59. The third kappa shape index (κ3) is 7.14. The number of ether oxygens (including phenoxy) is 1. The number of methoxy groups -OCH3 is 1. The molecule has 10 nitrogen and oxygen atoms in total. The number of hydrogen-bond acceptors (Lipinski definition) is 8. The van der Waals surface area contributed by atoms with Crippen LogP contribution in [-0.2, 0) is 4.79 Å². The van der Waals surface area contributed by atoms with Gasteiger partial charge in [-0.15, -0.1) is 0 Å². The molecular formula is C30H39FN8O2. The van der Waals surface area contributed by atoms with E-state index in [9.17, 15) is 9.18 Å². The molecule has 4 aromatic rings. The lowest BCUT2D eigenvalue weighted by Gasteiger charge is -2.35. The number of aryl methyl sites for hydroxylation is 1. The maximum atomic E-state index is 13.3. The van der Waals surface area contributed by atoms with Gasteiger partial charge in [-0.2, -0.15) is 20.3 Å². The van der Waals surface area contributed by atoms with E-state index in [1.165, 1.54) is 18.9 Å². The van der Waals surface area contributed by atoms with E-state index in [2.05, 4.69) is 46.7 Å². The average Bonchev–Trinajstić information content (AvgIpc) is 3.46. The predicted octanol–water partition coefficient (Wildman–Crippen LogP) is 5.91. The number of carbonyl (C=O) groups is 1. The quantitative estimate of drug-likeness (QED) is 0.305. The first-order chi connectivity index (χ1) is 19.8. The van der Waals surface area contributed by atoms with Crippen LogP contribution in [0.1, 0.15) is 45.7 Å². The molecule has 1 aliphatic rings. The van der Waals surface area contributed by atoms with Crippen molar-refractivity contribution in [3.63, 3.8) is 0 Å². The molecule has 1 aliphatic heterocycles. The fraction of sp³-hybridized carbons (Fsp3) is 0.400. The Balaban J connectivity index is 0.000000775. The molecule has 218 valence electrons. The Kier molecular flexibility index (Phi) is 12.1. The van der Waals surface area contributed by atoms with Gasteiger partial charge < -0.3 is 14.5 Å². The summed E-state index contributed by atoms with van der Waals surface area (Å²) < 4.78 is 18.6. The fourth-order valence-electron chi connectivity index (χ4n) is 4.42. The fourth-order valence-corrected chi connectivity index (χ4v) is 4.42. The molecule has 1 saturated heterocycles. The second-order valence-electron chi connectivity index (χ2n) is 8.56. The lowest BCUT2D eigenvalue weighted by molar-refractivity contribution is -0.128. The first-order valence-electron chi connectivity index (χ1n) is 13.6. The zero-order chi connectivity index (χ0) is 30.7. The van der Waals surface area contributed by atoms with Gasteiger partial charge in [0.2, 0.25) is 0 Å². The van der Waals surface area contributed by atoms with Gasteiger partial charge in [-0.05, 0) is 42.7 Å². The van der Waals surface area contributed by atoms with Crippen LogP contribution < -0.4 is 9.64 Å². The van der Waals surface area contributed by atoms with E-state index in [-0.39, 0.29) is 6.01 Å². The summed E-state index contributed by atoms with van der Waals surface area (Å²) in [5.41, 5.74) is 6.50. The van der Waals surface area contributed by atoms with Crippen molar-refractivity contribution in [2.45, 2.75) is 48.5 Å². The molecule has 41 heavy (non-hydrogen) atoms. The molecule has 3 aromatic heterocycles. The van der Waals surface area contributed by atoms with Crippen molar-refractivity contribution in [2.75, 3.05) is 38.2 Å². The molecule has 5 rings (SSSR count). The van der Waals surface area contributed by atoms with E-state index < -0.39 is 11.7 Å². The molecule has 1 N–H and O–H groups in total. The van der Waals surface area contributed by atoms with Crippen molar-refractivity contribution < 1.29 is 13.9 Å². The summed E-state index contributed by atoms with van der Waals surface area (Å²) >= 11 is 0. The molecule has 0 aliphatic carbocycles. The molecule has 11 heteroatoms. The van der Waals surface area contributed by atoms with Gasteiger partial charge in [0.25, 0.3) is 5.91 Å². The second kappa shape index (κ2) is 15.3. The lowest BCUT2D eigenvalue weighted by Crippen LogP contribution is -2.49. The number of fused-ring (bicyclic) bond motifs is 2. The third-order valence-corrected chi connectivity index (χ3v) is 6.33. The first kappa shape index (κ1) is 32.6. The van der Waals surface area contributed by atoms with E-state index in [1.807, 2.05) is 51.1 Å². The number of hydrogen-bond donors (Lipinski definition) is 1. The molecular weight excluding hydrogens is 523 g/mol. The van der Waals surface area contributed by atoms with Crippen LogP contribution in [0.2, 0.25) is 0 Å². The van der Waals surface area contributed by atoms with Crippen LogP contribution in [-0.4, -0.2) is 69.2 Å². The van der Waals surface area contributed by atoms with E-state index in [0.717, 1.165) is 33.2 Å².